The van der Waals surface area contributed by atoms with E-state index in [2.05, 4.69) is 51.5 Å². The maximum Gasteiger partial charge on any atom is 0.191 e. The summed E-state index contributed by atoms with van der Waals surface area (Å²) < 4.78 is 5.32. The summed E-state index contributed by atoms with van der Waals surface area (Å²) in [6.45, 7) is 10.2. The molecule has 2 aromatic rings. The van der Waals surface area contributed by atoms with Crippen LogP contribution in [0.25, 0.3) is 0 Å². The van der Waals surface area contributed by atoms with Gasteiger partial charge in [0.2, 0.25) is 0 Å². The van der Waals surface area contributed by atoms with Crippen molar-refractivity contribution in [3.05, 3.63) is 48.0 Å². The Morgan fingerprint density at radius 1 is 1.17 bits per heavy atom. The first-order valence-electron chi connectivity index (χ1n) is 8.51. The van der Waals surface area contributed by atoms with E-state index in [0.717, 1.165) is 42.7 Å². The monoisotopic (exact) mass is 329 g/mol. The van der Waals surface area contributed by atoms with Crippen LogP contribution in [0.2, 0.25) is 0 Å². The number of aliphatic imine (C=N–C) groups is 1. The number of hydrogen-bond acceptors (Lipinski definition) is 4. The summed E-state index contributed by atoms with van der Waals surface area (Å²) in [5, 5.41) is 6.49. The van der Waals surface area contributed by atoms with E-state index in [1.54, 1.807) is 6.26 Å². The average Bonchev–Trinajstić information content (AvgIpc) is 3.13. The second kappa shape index (κ2) is 9.60. The Kier molecular flexibility index (Phi) is 7.14. The van der Waals surface area contributed by atoms with Crippen molar-refractivity contribution in [3.63, 3.8) is 0 Å². The summed E-state index contributed by atoms with van der Waals surface area (Å²) in [4.78, 5) is 11.4. The number of guanidine groups is 1. The van der Waals surface area contributed by atoms with E-state index < -0.39 is 0 Å². The fourth-order valence-electron chi connectivity index (χ4n) is 2.34. The third-order valence-corrected chi connectivity index (χ3v) is 3.67. The maximum absolute atomic E-state index is 5.32. The van der Waals surface area contributed by atoms with Gasteiger partial charge in [0.1, 0.15) is 11.6 Å². The van der Waals surface area contributed by atoms with Gasteiger partial charge in [-0.15, -0.1) is 0 Å². The molecule has 2 aromatic heterocycles. The Morgan fingerprint density at radius 2 is 2.00 bits per heavy atom. The summed E-state index contributed by atoms with van der Waals surface area (Å²) in [5.41, 5.74) is 1.08. The summed E-state index contributed by atoms with van der Waals surface area (Å²) in [6, 6.07) is 7.96. The van der Waals surface area contributed by atoms with E-state index in [1.165, 1.54) is 0 Å². The van der Waals surface area contributed by atoms with Gasteiger partial charge in [-0.25, -0.2) is 9.98 Å². The van der Waals surface area contributed by atoms with Gasteiger partial charge in [-0.1, -0.05) is 6.07 Å². The lowest BCUT2D eigenvalue weighted by Crippen LogP contribution is -2.36. The van der Waals surface area contributed by atoms with E-state index in [-0.39, 0.29) is 0 Å². The molecule has 0 bridgehead atoms. The molecule has 0 aliphatic rings. The first-order chi connectivity index (χ1) is 11.8. The van der Waals surface area contributed by atoms with Crippen molar-refractivity contribution in [2.24, 2.45) is 4.99 Å². The minimum Gasteiger partial charge on any atom is -0.467 e. The molecule has 0 aliphatic carbocycles. The molecule has 0 unspecified atom stereocenters. The molecular formula is C18H27N5O. The third kappa shape index (κ3) is 5.30. The van der Waals surface area contributed by atoms with Crippen LogP contribution < -0.4 is 15.5 Å². The predicted molar refractivity (Wildman–Crippen MR) is 98.2 cm³/mol. The van der Waals surface area contributed by atoms with Gasteiger partial charge in [0.15, 0.2) is 5.96 Å². The zero-order valence-corrected chi connectivity index (χ0v) is 14.7. The van der Waals surface area contributed by atoms with Crippen LogP contribution in [0.3, 0.4) is 0 Å². The number of furan rings is 1. The number of nitrogens with one attached hydrogen (secondary N) is 2. The third-order valence-electron chi connectivity index (χ3n) is 3.67. The normalized spacial score (nSPS) is 11.4. The van der Waals surface area contributed by atoms with Gasteiger partial charge in [0.05, 0.1) is 19.4 Å². The van der Waals surface area contributed by atoms with Gasteiger partial charge in [-0.3, -0.25) is 0 Å². The first-order valence-corrected chi connectivity index (χ1v) is 8.51. The van der Waals surface area contributed by atoms with Gasteiger partial charge in [0, 0.05) is 25.8 Å². The van der Waals surface area contributed by atoms with Crippen molar-refractivity contribution in [1.82, 2.24) is 15.6 Å². The molecule has 24 heavy (non-hydrogen) atoms. The Hall–Kier alpha value is -2.50. The van der Waals surface area contributed by atoms with Crippen molar-refractivity contribution < 1.29 is 4.42 Å². The number of nitrogens with zero attached hydrogens (tertiary/aromatic N) is 3. The topological polar surface area (TPSA) is 65.7 Å². The number of rotatable bonds is 8. The molecule has 0 fully saturated rings. The first kappa shape index (κ1) is 17.8. The summed E-state index contributed by atoms with van der Waals surface area (Å²) >= 11 is 0. The van der Waals surface area contributed by atoms with Crippen LogP contribution in [0.5, 0.6) is 0 Å². The van der Waals surface area contributed by atoms with E-state index in [0.29, 0.717) is 13.1 Å². The lowest BCUT2D eigenvalue weighted by Gasteiger charge is -2.19. The minimum atomic E-state index is 0.582. The van der Waals surface area contributed by atoms with E-state index in [9.17, 15) is 0 Å². The van der Waals surface area contributed by atoms with Crippen molar-refractivity contribution in [3.8, 4) is 0 Å². The number of pyridine rings is 1. The molecule has 0 saturated carbocycles. The van der Waals surface area contributed by atoms with Crippen molar-refractivity contribution >= 4 is 11.8 Å². The highest BCUT2D eigenvalue weighted by atomic mass is 16.3. The van der Waals surface area contributed by atoms with Crippen LogP contribution in [-0.4, -0.2) is 30.6 Å². The van der Waals surface area contributed by atoms with Gasteiger partial charge < -0.3 is 20.0 Å². The van der Waals surface area contributed by atoms with Crippen molar-refractivity contribution in [1.29, 1.82) is 0 Å². The average molecular weight is 329 g/mol. The molecule has 2 rings (SSSR count). The molecule has 0 aliphatic heterocycles. The van der Waals surface area contributed by atoms with Gasteiger partial charge in [0.25, 0.3) is 0 Å². The Morgan fingerprint density at radius 3 is 2.58 bits per heavy atom. The van der Waals surface area contributed by atoms with Gasteiger partial charge in [-0.2, -0.15) is 0 Å². The molecule has 6 nitrogen and oxygen atoms in total. The largest absolute Gasteiger partial charge is 0.467 e. The van der Waals surface area contributed by atoms with Crippen LogP contribution in [0, 0.1) is 0 Å². The lowest BCUT2D eigenvalue weighted by atomic mass is 10.3. The molecular weight excluding hydrogens is 302 g/mol. The Balaban J connectivity index is 1.94. The second-order valence-corrected chi connectivity index (χ2v) is 5.33. The number of aromatic nitrogens is 1. The Bertz CT molecular complexity index is 603. The zero-order chi connectivity index (χ0) is 17.2. The van der Waals surface area contributed by atoms with E-state index in [1.807, 2.05) is 25.3 Å². The smallest absolute Gasteiger partial charge is 0.191 e. The molecule has 0 amide bonds. The summed E-state index contributed by atoms with van der Waals surface area (Å²) in [6.07, 6.45) is 3.57. The van der Waals surface area contributed by atoms with E-state index in [4.69, 9.17) is 4.42 Å². The molecule has 0 saturated heterocycles. The predicted octanol–water partition coefficient (Wildman–Crippen LogP) is 2.78. The summed E-state index contributed by atoms with van der Waals surface area (Å²) in [7, 11) is 0. The molecule has 0 spiro atoms. The molecule has 6 heteroatoms. The van der Waals surface area contributed by atoms with Crippen LogP contribution in [0.15, 0.2) is 46.1 Å². The van der Waals surface area contributed by atoms with Crippen LogP contribution in [0.1, 0.15) is 32.1 Å². The SMILES string of the molecule is CCNC(=NCc1ccc(N(CC)CC)nc1)NCc1ccco1. The highest BCUT2D eigenvalue weighted by Gasteiger charge is 2.04. The highest BCUT2D eigenvalue weighted by molar-refractivity contribution is 5.79. The summed E-state index contributed by atoms with van der Waals surface area (Å²) in [5.74, 6) is 2.66. The quantitative estimate of drug-likeness (QED) is 0.576. The fraction of sp³-hybridized carbons (Fsp3) is 0.444. The standard InChI is InChI=1S/C18H27N5O/c1-4-19-18(22-14-16-8-7-11-24-16)21-13-15-9-10-17(20-12-15)23(5-2)6-3/h7-12H,4-6,13-14H2,1-3H3,(H2,19,21,22). The van der Waals surface area contributed by atoms with Crippen LogP contribution in [0.4, 0.5) is 5.82 Å². The number of hydrogen-bond donors (Lipinski definition) is 2. The van der Waals surface area contributed by atoms with Crippen molar-refractivity contribution in [2.75, 3.05) is 24.5 Å². The maximum atomic E-state index is 5.32. The second-order valence-electron chi connectivity index (χ2n) is 5.33. The molecule has 0 aromatic carbocycles. The van der Waals surface area contributed by atoms with Crippen LogP contribution in [-0.2, 0) is 13.1 Å². The van der Waals surface area contributed by atoms with Crippen molar-refractivity contribution in [2.45, 2.75) is 33.9 Å². The molecule has 2 N–H and O–H groups in total. The molecule has 0 atom stereocenters. The highest BCUT2D eigenvalue weighted by Crippen LogP contribution is 2.11. The van der Waals surface area contributed by atoms with E-state index >= 15 is 0 Å². The molecule has 130 valence electrons. The molecule has 2 heterocycles. The fourth-order valence-corrected chi connectivity index (χ4v) is 2.34. The zero-order valence-electron chi connectivity index (χ0n) is 14.7. The number of anilines is 1. The Labute approximate surface area is 144 Å². The minimum absolute atomic E-state index is 0.582. The van der Waals surface area contributed by atoms with Gasteiger partial charge >= 0.3 is 0 Å². The lowest BCUT2D eigenvalue weighted by molar-refractivity contribution is 0.501. The van der Waals surface area contributed by atoms with Crippen LogP contribution >= 0.6 is 0 Å². The van der Waals surface area contributed by atoms with Gasteiger partial charge in [-0.05, 0) is 44.5 Å². The molecule has 0 radical (unpaired) electrons.